The van der Waals surface area contributed by atoms with E-state index in [0.29, 0.717) is 30.6 Å². The fourth-order valence-electron chi connectivity index (χ4n) is 3.39. The molecule has 0 saturated heterocycles. The van der Waals surface area contributed by atoms with Gasteiger partial charge in [-0.1, -0.05) is 42.0 Å². The summed E-state index contributed by atoms with van der Waals surface area (Å²) in [4.78, 5) is 36.8. The number of esters is 1. The van der Waals surface area contributed by atoms with Crippen LogP contribution in [0.1, 0.15) is 47.2 Å². The molecule has 1 aliphatic rings. The zero-order valence-electron chi connectivity index (χ0n) is 16.9. The van der Waals surface area contributed by atoms with Gasteiger partial charge >= 0.3 is 5.97 Å². The Balaban J connectivity index is 1.56. The Morgan fingerprint density at radius 1 is 1.03 bits per heavy atom. The van der Waals surface area contributed by atoms with E-state index in [-0.39, 0.29) is 5.91 Å². The molecule has 0 heterocycles. The van der Waals surface area contributed by atoms with Gasteiger partial charge in [-0.15, -0.1) is 0 Å². The molecule has 3 N–H and O–H groups in total. The average molecular weight is 410 g/mol. The van der Waals surface area contributed by atoms with Crippen LogP contribution >= 0.6 is 0 Å². The van der Waals surface area contributed by atoms with Crippen molar-refractivity contribution in [3.63, 3.8) is 0 Å². The molecule has 7 heteroatoms. The molecular weight excluding hydrogens is 384 g/mol. The molecule has 0 unspecified atom stereocenters. The van der Waals surface area contributed by atoms with E-state index in [4.69, 9.17) is 4.74 Å². The maximum absolute atomic E-state index is 12.6. The van der Waals surface area contributed by atoms with Crippen molar-refractivity contribution >= 4 is 23.5 Å². The molecule has 1 aliphatic carbocycles. The van der Waals surface area contributed by atoms with E-state index in [1.165, 1.54) is 0 Å². The number of amides is 2. The molecule has 3 rings (SSSR count). The second-order valence-electron chi connectivity index (χ2n) is 7.58. The van der Waals surface area contributed by atoms with Gasteiger partial charge < -0.3 is 20.5 Å². The first-order valence-electron chi connectivity index (χ1n) is 10.00. The monoisotopic (exact) mass is 410 g/mol. The first-order chi connectivity index (χ1) is 14.4. The van der Waals surface area contributed by atoms with Gasteiger partial charge in [0.1, 0.15) is 0 Å². The summed E-state index contributed by atoms with van der Waals surface area (Å²) in [5, 5.41) is 15.6. The summed E-state index contributed by atoms with van der Waals surface area (Å²) in [5.74, 6) is -1.69. The summed E-state index contributed by atoms with van der Waals surface area (Å²) in [6, 6.07) is 14.4. The highest BCUT2D eigenvalue weighted by Gasteiger charge is 2.40. The lowest BCUT2D eigenvalue weighted by Crippen LogP contribution is -2.38. The lowest BCUT2D eigenvalue weighted by Gasteiger charge is -2.19. The van der Waals surface area contributed by atoms with Crippen molar-refractivity contribution in [3.05, 3.63) is 65.2 Å². The van der Waals surface area contributed by atoms with Crippen molar-refractivity contribution in [2.45, 2.75) is 44.8 Å². The summed E-state index contributed by atoms with van der Waals surface area (Å²) >= 11 is 0. The number of aliphatic hydroxyl groups is 1. The van der Waals surface area contributed by atoms with Gasteiger partial charge in [0.15, 0.2) is 12.2 Å². The van der Waals surface area contributed by atoms with Gasteiger partial charge in [-0.05, 0) is 50.3 Å². The summed E-state index contributed by atoms with van der Waals surface area (Å²) in [6.45, 7) is 1.82. The van der Waals surface area contributed by atoms with Crippen molar-refractivity contribution in [3.8, 4) is 0 Å². The maximum Gasteiger partial charge on any atom is 0.338 e. The van der Waals surface area contributed by atoms with Crippen LogP contribution in [0.3, 0.4) is 0 Å². The predicted molar refractivity (Wildman–Crippen MR) is 112 cm³/mol. The Bertz CT molecular complexity index is 917. The number of benzene rings is 2. The second-order valence-corrected chi connectivity index (χ2v) is 7.58. The molecule has 7 nitrogen and oxygen atoms in total. The molecule has 0 aliphatic heterocycles. The number of hydrogen-bond donors (Lipinski definition) is 3. The zero-order valence-corrected chi connectivity index (χ0v) is 16.9. The fourth-order valence-corrected chi connectivity index (χ4v) is 3.39. The van der Waals surface area contributed by atoms with Gasteiger partial charge in [-0.25, -0.2) is 4.79 Å². The van der Waals surface area contributed by atoms with Crippen LogP contribution in [0.4, 0.5) is 5.69 Å². The molecule has 158 valence electrons. The summed E-state index contributed by atoms with van der Waals surface area (Å²) < 4.78 is 4.98. The van der Waals surface area contributed by atoms with Crippen molar-refractivity contribution in [2.75, 3.05) is 11.9 Å². The summed E-state index contributed by atoms with van der Waals surface area (Å²) in [6.07, 6.45) is 2.20. The molecule has 2 aromatic carbocycles. The van der Waals surface area contributed by atoms with Crippen molar-refractivity contribution in [1.29, 1.82) is 0 Å². The Kier molecular flexibility index (Phi) is 6.84. The summed E-state index contributed by atoms with van der Waals surface area (Å²) in [5.41, 5.74) is 1.23. The van der Waals surface area contributed by atoms with Crippen LogP contribution in [0, 0.1) is 6.92 Å². The lowest BCUT2D eigenvalue weighted by atomic mass is 10.0. The molecular formula is C23H26N2O5. The first kappa shape index (κ1) is 21.5. The minimum Gasteiger partial charge on any atom is -0.453 e. The number of aryl methyl sites for hydroxylation is 1. The largest absolute Gasteiger partial charge is 0.453 e. The number of nitrogens with one attached hydrogen (secondary N) is 2. The maximum atomic E-state index is 12.6. The van der Waals surface area contributed by atoms with Gasteiger partial charge in [0, 0.05) is 6.54 Å². The molecule has 0 spiro atoms. The fraction of sp³-hybridized carbons (Fsp3) is 0.348. The van der Waals surface area contributed by atoms with Gasteiger partial charge in [0.2, 0.25) is 0 Å². The minimum absolute atomic E-state index is 0.304. The molecule has 2 amide bonds. The second kappa shape index (κ2) is 9.54. The van der Waals surface area contributed by atoms with Gasteiger partial charge in [-0.3, -0.25) is 9.59 Å². The Morgan fingerprint density at radius 2 is 1.70 bits per heavy atom. The van der Waals surface area contributed by atoms with E-state index in [9.17, 15) is 19.5 Å². The number of anilines is 1. The van der Waals surface area contributed by atoms with Gasteiger partial charge in [0.25, 0.3) is 11.8 Å². The summed E-state index contributed by atoms with van der Waals surface area (Å²) in [7, 11) is 0. The Hall–Kier alpha value is -3.19. The van der Waals surface area contributed by atoms with E-state index >= 15 is 0 Å². The molecule has 1 fully saturated rings. The third kappa shape index (κ3) is 5.45. The van der Waals surface area contributed by atoms with Crippen LogP contribution in [0.15, 0.2) is 48.5 Å². The molecule has 0 bridgehead atoms. The number of carbonyl (C=O) groups is 3. The van der Waals surface area contributed by atoms with E-state index in [0.717, 1.165) is 24.0 Å². The average Bonchev–Trinajstić information content (AvgIpc) is 3.19. The molecule has 1 saturated carbocycles. The van der Waals surface area contributed by atoms with Crippen molar-refractivity contribution in [1.82, 2.24) is 5.32 Å². The third-order valence-electron chi connectivity index (χ3n) is 5.16. The zero-order chi connectivity index (χ0) is 21.6. The van der Waals surface area contributed by atoms with E-state index < -0.39 is 24.1 Å². The van der Waals surface area contributed by atoms with Gasteiger partial charge in [-0.2, -0.15) is 0 Å². The van der Waals surface area contributed by atoms with Crippen LogP contribution in [0.2, 0.25) is 0 Å². The van der Waals surface area contributed by atoms with Crippen LogP contribution in [0.5, 0.6) is 0 Å². The highest BCUT2D eigenvalue weighted by Crippen LogP contribution is 2.30. The molecule has 30 heavy (non-hydrogen) atoms. The highest BCUT2D eigenvalue weighted by molar-refractivity contribution is 6.04. The number of ether oxygens (including phenoxy) is 1. The molecule has 0 radical (unpaired) electrons. The molecule has 0 aromatic heterocycles. The normalized spacial score (nSPS) is 14.7. The van der Waals surface area contributed by atoms with Crippen LogP contribution in [0.25, 0.3) is 0 Å². The van der Waals surface area contributed by atoms with Crippen molar-refractivity contribution in [2.24, 2.45) is 0 Å². The quantitative estimate of drug-likeness (QED) is 0.609. The van der Waals surface area contributed by atoms with Crippen molar-refractivity contribution < 1.29 is 24.2 Å². The smallest absolute Gasteiger partial charge is 0.338 e. The first-order valence-corrected chi connectivity index (χ1v) is 10.00. The number of para-hydroxylation sites is 1. The predicted octanol–water partition coefficient (Wildman–Crippen LogP) is 2.71. The van der Waals surface area contributed by atoms with Crippen LogP contribution < -0.4 is 10.6 Å². The number of rotatable bonds is 7. The Labute approximate surface area is 175 Å². The van der Waals surface area contributed by atoms with Crippen LogP contribution in [-0.4, -0.2) is 35.1 Å². The highest BCUT2D eigenvalue weighted by atomic mass is 16.6. The topological polar surface area (TPSA) is 105 Å². The van der Waals surface area contributed by atoms with E-state index in [1.807, 2.05) is 31.2 Å². The molecule has 0 atom stereocenters. The lowest BCUT2D eigenvalue weighted by molar-refractivity contribution is -0.166. The number of carbonyl (C=O) groups excluding carboxylic acids is 3. The minimum atomic E-state index is -1.49. The van der Waals surface area contributed by atoms with Gasteiger partial charge in [0.05, 0.1) is 11.3 Å². The standard InChI is InChI=1S/C23H26N2O5/c1-16-8-10-17(11-9-16)14-24-21(27)18-6-2-3-7-19(18)25-20(26)15-30-22(28)23(29)12-4-5-13-23/h2-3,6-11,29H,4-5,12-15H2,1H3,(H,24,27)(H,25,26). The van der Waals surface area contributed by atoms with E-state index in [2.05, 4.69) is 10.6 Å². The third-order valence-corrected chi connectivity index (χ3v) is 5.16. The molecule has 2 aromatic rings. The van der Waals surface area contributed by atoms with E-state index in [1.54, 1.807) is 24.3 Å². The number of hydrogen-bond acceptors (Lipinski definition) is 5. The van der Waals surface area contributed by atoms with Crippen LogP contribution in [-0.2, 0) is 20.9 Å². The SMILES string of the molecule is Cc1ccc(CNC(=O)c2ccccc2NC(=O)COC(=O)C2(O)CCCC2)cc1. The Morgan fingerprint density at radius 3 is 2.40 bits per heavy atom.